The zero-order valence-corrected chi connectivity index (χ0v) is 14.0. The summed E-state index contributed by atoms with van der Waals surface area (Å²) in [5.74, 6) is 0.856. The van der Waals surface area contributed by atoms with E-state index in [9.17, 15) is 0 Å². The zero-order chi connectivity index (χ0) is 14.9. The van der Waals surface area contributed by atoms with Crippen molar-refractivity contribution < 1.29 is 0 Å². The van der Waals surface area contributed by atoms with Crippen molar-refractivity contribution in [3.05, 3.63) is 51.9 Å². The third-order valence-electron chi connectivity index (χ3n) is 3.81. The van der Waals surface area contributed by atoms with Gasteiger partial charge in [-0.1, -0.05) is 6.07 Å². The van der Waals surface area contributed by atoms with Crippen molar-refractivity contribution in [1.29, 1.82) is 0 Å². The van der Waals surface area contributed by atoms with Crippen molar-refractivity contribution in [1.82, 2.24) is 19.9 Å². The number of fused-ring (bicyclic) bond motifs is 1. The number of thiazole rings is 1. The largest absolute Gasteiger partial charge is 0.291 e. The SMILES string of the molecule is Cc1ncc2c(n1)CN(Cc1csc(-c3cccs3)n1)CC2. The van der Waals surface area contributed by atoms with Gasteiger partial charge in [0.25, 0.3) is 0 Å². The maximum Gasteiger partial charge on any atom is 0.133 e. The minimum Gasteiger partial charge on any atom is -0.291 e. The second kappa shape index (κ2) is 5.87. The first kappa shape index (κ1) is 14.0. The predicted molar refractivity (Wildman–Crippen MR) is 90.0 cm³/mol. The molecule has 3 aromatic rings. The molecule has 3 aromatic heterocycles. The van der Waals surface area contributed by atoms with Crippen LogP contribution in [-0.4, -0.2) is 26.4 Å². The van der Waals surface area contributed by atoms with Crippen molar-refractivity contribution in [2.75, 3.05) is 6.54 Å². The summed E-state index contributed by atoms with van der Waals surface area (Å²) in [6.45, 7) is 4.78. The molecule has 0 spiro atoms. The van der Waals surface area contributed by atoms with E-state index < -0.39 is 0 Å². The van der Waals surface area contributed by atoms with E-state index in [4.69, 9.17) is 4.98 Å². The van der Waals surface area contributed by atoms with Gasteiger partial charge in [-0.15, -0.1) is 22.7 Å². The van der Waals surface area contributed by atoms with Crippen LogP contribution in [0, 0.1) is 6.92 Å². The fraction of sp³-hybridized carbons (Fsp3) is 0.312. The molecule has 0 radical (unpaired) electrons. The van der Waals surface area contributed by atoms with Gasteiger partial charge in [0.15, 0.2) is 0 Å². The Balaban J connectivity index is 1.48. The molecule has 112 valence electrons. The van der Waals surface area contributed by atoms with Gasteiger partial charge < -0.3 is 0 Å². The quantitative estimate of drug-likeness (QED) is 0.737. The lowest BCUT2D eigenvalue weighted by atomic mass is 10.1. The second-order valence-corrected chi connectivity index (χ2v) is 7.28. The molecule has 0 unspecified atom stereocenters. The van der Waals surface area contributed by atoms with Crippen LogP contribution < -0.4 is 0 Å². The molecule has 0 aliphatic carbocycles. The molecular formula is C16H16N4S2. The van der Waals surface area contributed by atoms with Gasteiger partial charge in [0.05, 0.1) is 16.3 Å². The molecule has 0 fully saturated rings. The molecule has 0 atom stereocenters. The number of hydrogen-bond donors (Lipinski definition) is 0. The maximum absolute atomic E-state index is 4.77. The first-order valence-electron chi connectivity index (χ1n) is 7.30. The lowest BCUT2D eigenvalue weighted by Crippen LogP contribution is -2.31. The molecule has 22 heavy (non-hydrogen) atoms. The molecule has 4 nitrogen and oxygen atoms in total. The number of aromatic nitrogens is 3. The van der Waals surface area contributed by atoms with Crippen LogP contribution in [0.3, 0.4) is 0 Å². The lowest BCUT2D eigenvalue weighted by molar-refractivity contribution is 0.238. The molecule has 4 heterocycles. The third-order valence-corrected chi connectivity index (χ3v) is 5.74. The number of hydrogen-bond acceptors (Lipinski definition) is 6. The van der Waals surface area contributed by atoms with Crippen molar-refractivity contribution in [3.8, 4) is 9.88 Å². The van der Waals surface area contributed by atoms with Crippen LogP contribution in [0.1, 0.15) is 22.8 Å². The van der Waals surface area contributed by atoms with Crippen LogP contribution in [0.15, 0.2) is 29.1 Å². The minimum atomic E-state index is 0.856. The van der Waals surface area contributed by atoms with E-state index in [1.165, 1.54) is 16.1 Å². The average Bonchev–Trinajstić information content (AvgIpc) is 3.17. The molecule has 0 aromatic carbocycles. The van der Waals surface area contributed by atoms with E-state index in [0.717, 1.165) is 42.6 Å². The third kappa shape index (κ3) is 2.82. The topological polar surface area (TPSA) is 41.9 Å². The summed E-state index contributed by atoms with van der Waals surface area (Å²) in [7, 11) is 0. The van der Waals surface area contributed by atoms with Gasteiger partial charge in [0.2, 0.25) is 0 Å². The highest BCUT2D eigenvalue weighted by molar-refractivity contribution is 7.20. The summed E-state index contributed by atoms with van der Waals surface area (Å²) in [5.41, 5.74) is 3.62. The first-order valence-corrected chi connectivity index (χ1v) is 9.06. The second-order valence-electron chi connectivity index (χ2n) is 5.47. The lowest BCUT2D eigenvalue weighted by Gasteiger charge is -2.27. The normalized spacial score (nSPS) is 15.0. The van der Waals surface area contributed by atoms with Crippen molar-refractivity contribution in [2.45, 2.75) is 26.4 Å². The highest BCUT2D eigenvalue weighted by Gasteiger charge is 2.19. The van der Waals surface area contributed by atoms with Crippen LogP contribution in [0.2, 0.25) is 0 Å². The summed E-state index contributed by atoms with van der Waals surface area (Å²) in [6, 6.07) is 4.20. The van der Waals surface area contributed by atoms with Crippen molar-refractivity contribution >= 4 is 22.7 Å². The number of aryl methyl sites for hydroxylation is 1. The zero-order valence-electron chi connectivity index (χ0n) is 12.3. The van der Waals surface area contributed by atoms with Crippen LogP contribution in [0.25, 0.3) is 9.88 Å². The van der Waals surface area contributed by atoms with Gasteiger partial charge in [-0.25, -0.2) is 15.0 Å². The molecule has 0 N–H and O–H groups in total. The molecule has 0 amide bonds. The fourth-order valence-electron chi connectivity index (χ4n) is 2.71. The predicted octanol–water partition coefficient (Wildman–Crippen LogP) is 3.53. The van der Waals surface area contributed by atoms with Gasteiger partial charge in [-0.3, -0.25) is 4.90 Å². The van der Waals surface area contributed by atoms with E-state index in [0.29, 0.717) is 0 Å². The maximum atomic E-state index is 4.77. The van der Waals surface area contributed by atoms with Crippen LogP contribution in [0.5, 0.6) is 0 Å². The Morgan fingerprint density at radius 3 is 3.09 bits per heavy atom. The van der Waals surface area contributed by atoms with Crippen LogP contribution in [0.4, 0.5) is 0 Å². The standard InChI is InChI=1S/C16H16N4S2/c1-11-17-7-12-4-5-20(9-14(12)18-11)8-13-10-22-16(19-13)15-3-2-6-21-15/h2-3,6-7,10H,4-5,8-9H2,1H3. The highest BCUT2D eigenvalue weighted by Crippen LogP contribution is 2.28. The van der Waals surface area contributed by atoms with Gasteiger partial charge in [-0.2, -0.15) is 0 Å². The Bertz CT molecular complexity index is 779. The average molecular weight is 328 g/mol. The molecule has 0 saturated carbocycles. The Morgan fingerprint density at radius 2 is 2.23 bits per heavy atom. The smallest absolute Gasteiger partial charge is 0.133 e. The molecule has 4 rings (SSSR count). The number of rotatable bonds is 3. The van der Waals surface area contributed by atoms with E-state index >= 15 is 0 Å². The van der Waals surface area contributed by atoms with E-state index in [1.54, 1.807) is 22.7 Å². The Labute approximate surface area is 137 Å². The summed E-state index contributed by atoms with van der Waals surface area (Å²) in [4.78, 5) is 17.3. The number of nitrogens with zero attached hydrogens (tertiary/aromatic N) is 4. The van der Waals surface area contributed by atoms with Crippen LogP contribution in [-0.2, 0) is 19.5 Å². The Morgan fingerprint density at radius 1 is 1.27 bits per heavy atom. The first-order chi connectivity index (χ1) is 10.8. The van der Waals surface area contributed by atoms with Crippen molar-refractivity contribution in [3.63, 3.8) is 0 Å². The molecule has 1 aliphatic rings. The van der Waals surface area contributed by atoms with E-state index in [1.807, 2.05) is 13.1 Å². The molecule has 6 heteroatoms. The monoisotopic (exact) mass is 328 g/mol. The van der Waals surface area contributed by atoms with E-state index in [2.05, 4.69) is 37.8 Å². The van der Waals surface area contributed by atoms with Gasteiger partial charge in [-0.05, 0) is 30.4 Å². The summed E-state index contributed by atoms with van der Waals surface area (Å²) >= 11 is 3.48. The molecule has 1 aliphatic heterocycles. The van der Waals surface area contributed by atoms with Crippen LogP contribution >= 0.6 is 22.7 Å². The van der Waals surface area contributed by atoms with Gasteiger partial charge in [0, 0.05) is 31.2 Å². The molecule has 0 bridgehead atoms. The molecular weight excluding hydrogens is 312 g/mol. The molecule has 0 saturated heterocycles. The summed E-state index contributed by atoms with van der Waals surface area (Å²) < 4.78 is 0. The Kier molecular flexibility index (Phi) is 3.73. The van der Waals surface area contributed by atoms with E-state index in [-0.39, 0.29) is 0 Å². The summed E-state index contributed by atoms with van der Waals surface area (Å²) in [5, 5.41) is 5.40. The Hall–Kier alpha value is -1.63. The minimum absolute atomic E-state index is 0.856. The van der Waals surface area contributed by atoms with Crippen molar-refractivity contribution in [2.24, 2.45) is 0 Å². The fourth-order valence-corrected chi connectivity index (χ4v) is 4.34. The summed E-state index contributed by atoms with van der Waals surface area (Å²) in [6.07, 6.45) is 3.00. The van der Waals surface area contributed by atoms with Gasteiger partial charge >= 0.3 is 0 Å². The van der Waals surface area contributed by atoms with Gasteiger partial charge in [0.1, 0.15) is 10.8 Å². The highest BCUT2D eigenvalue weighted by atomic mass is 32.1. The number of thiophene rings is 1.